The summed E-state index contributed by atoms with van der Waals surface area (Å²) < 4.78 is 11.4. The van der Waals surface area contributed by atoms with Gasteiger partial charge in [-0.25, -0.2) is 0 Å². The molecule has 0 aromatic heterocycles. The Labute approximate surface area is 140 Å². The van der Waals surface area contributed by atoms with Crippen LogP contribution in [0, 0.1) is 0 Å². The molecule has 2 nitrogen and oxygen atoms in total. The first-order chi connectivity index (χ1) is 11.3. The summed E-state index contributed by atoms with van der Waals surface area (Å²) in [7, 11) is 0.651. The third-order valence-electron chi connectivity index (χ3n) is 3.80. The van der Waals surface area contributed by atoms with Crippen molar-refractivity contribution < 1.29 is 9.16 Å². The first-order valence-corrected chi connectivity index (χ1v) is 8.54. The predicted octanol–water partition coefficient (Wildman–Crippen LogP) is 4.04. The van der Waals surface area contributed by atoms with Crippen molar-refractivity contribution in [3.05, 3.63) is 78.9 Å². The molecule has 0 radical (unpaired) electrons. The highest BCUT2D eigenvalue weighted by Gasteiger charge is 2.14. The van der Waals surface area contributed by atoms with Gasteiger partial charge in [0.25, 0.3) is 0 Å². The molecular weight excluding hydrogens is 300 g/mol. The van der Waals surface area contributed by atoms with E-state index in [2.05, 4.69) is 42.5 Å². The van der Waals surface area contributed by atoms with E-state index in [9.17, 15) is 0 Å². The molecule has 1 atom stereocenters. The second kappa shape index (κ2) is 7.27. The summed E-state index contributed by atoms with van der Waals surface area (Å²) in [5, 5.41) is 0. The third kappa shape index (κ3) is 3.52. The Bertz CT molecular complexity index is 757. The van der Waals surface area contributed by atoms with Crippen LogP contribution in [0.15, 0.2) is 78.9 Å². The molecule has 0 fully saturated rings. The van der Waals surface area contributed by atoms with E-state index in [-0.39, 0.29) is 6.29 Å². The average Bonchev–Trinajstić information content (AvgIpc) is 2.63. The Hall–Kier alpha value is -2.36. The number of ether oxygens (including phenoxy) is 1. The van der Waals surface area contributed by atoms with Crippen molar-refractivity contribution in [2.45, 2.75) is 13.2 Å². The second-order valence-corrected chi connectivity index (χ2v) is 5.80. The van der Waals surface area contributed by atoms with Crippen LogP contribution in [0.1, 0.15) is 6.92 Å². The summed E-state index contributed by atoms with van der Waals surface area (Å²) in [5.74, 6) is 0.848. The molecule has 0 heterocycles. The quantitative estimate of drug-likeness (QED) is 0.522. The van der Waals surface area contributed by atoms with E-state index in [1.165, 1.54) is 5.56 Å². The molecule has 1 unspecified atom stereocenters. The minimum Gasteiger partial charge on any atom is -0.466 e. The fourth-order valence-corrected chi connectivity index (χ4v) is 2.71. The summed E-state index contributed by atoms with van der Waals surface area (Å²) >= 11 is 0. The van der Waals surface area contributed by atoms with Crippen molar-refractivity contribution in [2.24, 2.45) is 0 Å². The van der Waals surface area contributed by atoms with Gasteiger partial charge in [-0.05, 0) is 29.7 Å². The molecule has 3 rings (SSSR count). The van der Waals surface area contributed by atoms with Crippen LogP contribution in [0.4, 0.5) is 0 Å². The summed E-state index contributed by atoms with van der Waals surface area (Å²) in [5.41, 5.74) is 4.58. The van der Waals surface area contributed by atoms with Gasteiger partial charge in [-0.1, -0.05) is 72.8 Å². The predicted molar refractivity (Wildman–Crippen MR) is 98.4 cm³/mol. The molecular formula is C20H20O2Si. The molecule has 0 spiro atoms. The lowest BCUT2D eigenvalue weighted by molar-refractivity contribution is 0.0302. The fraction of sp³-hybridized carbons (Fsp3) is 0.100. The third-order valence-corrected chi connectivity index (χ3v) is 4.46. The molecule has 0 bridgehead atoms. The fourth-order valence-electron chi connectivity index (χ4n) is 2.62. The van der Waals surface area contributed by atoms with Crippen molar-refractivity contribution in [1.82, 2.24) is 0 Å². The zero-order chi connectivity index (χ0) is 16.1. The lowest BCUT2D eigenvalue weighted by Crippen LogP contribution is -2.15. The van der Waals surface area contributed by atoms with Gasteiger partial charge in [0.2, 0.25) is 0 Å². The molecule has 0 aliphatic heterocycles. The second-order valence-electron chi connectivity index (χ2n) is 5.33. The SMILES string of the molecule is CC(O[SiH3])Oc1cccc(-c2ccccc2)c1-c1ccccc1. The Kier molecular flexibility index (Phi) is 4.91. The molecule has 0 saturated carbocycles. The van der Waals surface area contributed by atoms with Gasteiger partial charge in [-0.2, -0.15) is 0 Å². The molecule has 0 saturated heterocycles. The van der Waals surface area contributed by atoms with E-state index in [0.717, 1.165) is 22.4 Å². The minimum atomic E-state index is -0.241. The Morgan fingerprint density at radius 3 is 1.96 bits per heavy atom. The van der Waals surface area contributed by atoms with Crippen LogP contribution in [0.3, 0.4) is 0 Å². The first kappa shape index (κ1) is 15.5. The van der Waals surface area contributed by atoms with E-state index in [4.69, 9.17) is 9.16 Å². The lowest BCUT2D eigenvalue weighted by Gasteiger charge is -2.19. The van der Waals surface area contributed by atoms with Crippen molar-refractivity contribution in [3.63, 3.8) is 0 Å². The molecule has 116 valence electrons. The van der Waals surface area contributed by atoms with Gasteiger partial charge < -0.3 is 9.16 Å². The maximum atomic E-state index is 6.02. The molecule has 3 heteroatoms. The van der Waals surface area contributed by atoms with Crippen LogP contribution in [0.5, 0.6) is 5.75 Å². The van der Waals surface area contributed by atoms with E-state index < -0.39 is 0 Å². The number of benzene rings is 3. The topological polar surface area (TPSA) is 18.5 Å². The zero-order valence-electron chi connectivity index (χ0n) is 13.4. The molecule has 0 aliphatic carbocycles. The zero-order valence-corrected chi connectivity index (χ0v) is 15.4. The summed E-state index contributed by atoms with van der Waals surface area (Å²) in [4.78, 5) is 0. The van der Waals surface area contributed by atoms with Crippen LogP contribution >= 0.6 is 0 Å². The van der Waals surface area contributed by atoms with Gasteiger partial charge in [0.15, 0.2) is 16.8 Å². The van der Waals surface area contributed by atoms with Crippen LogP contribution in [0.2, 0.25) is 0 Å². The van der Waals surface area contributed by atoms with Crippen LogP contribution in [0.25, 0.3) is 22.3 Å². The molecule has 0 N–H and O–H groups in total. The number of hydrogen-bond acceptors (Lipinski definition) is 2. The molecule has 0 aliphatic rings. The monoisotopic (exact) mass is 320 g/mol. The summed E-state index contributed by atoms with van der Waals surface area (Å²) in [6.07, 6.45) is -0.241. The van der Waals surface area contributed by atoms with Crippen molar-refractivity contribution in [3.8, 4) is 28.0 Å². The standard InChI is InChI=1S/C20H20O2Si/c1-15(22-23)21-19-14-8-13-18(16-9-4-2-5-10-16)20(19)17-11-6-3-7-12-17/h2-15H,1,23H3. The smallest absolute Gasteiger partial charge is 0.187 e. The number of rotatable bonds is 5. The van der Waals surface area contributed by atoms with Crippen molar-refractivity contribution in [2.75, 3.05) is 0 Å². The van der Waals surface area contributed by atoms with Gasteiger partial charge in [-0.3, -0.25) is 0 Å². The Morgan fingerprint density at radius 1 is 0.739 bits per heavy atom. The Morgan fingerprint density at radius 2 is 1.35 bits per heavy atom. The maximum Gasteiger partial charge on any atom is 0.187 e. The molecule has 23 heavy (non-hydrogen) atoms. The highest BCUT2D eigenvalue weighted by atomic mass is 28.2. The summed E-state index contributed by atoms with van der Waals surface area (Å²) in [6.45, 7) is 1.93. The van der Waals surface area contributed by atoms with Gasteiger partial charge in [-0.15, -0.1) is 0 Å². The maximum absolute atomic E-state index is 6.02. The lowest BCUT2D eigenvalue weighted by atomic mass is 9.94. The Balaban J connectivity index is 2.18. The molecule has 3 aromatic rings. The highest BCUT2D eigenvalue weighted by molar-refractivity contribution is 5.98. The average molecular weight is 320 g/mol. The highest BCUT2D eigenvalue weighted by Crippen LogP contribution is 2.39. The van der Waals surface area contributed by atoms with Crippen molar-refractivity contribution >= 4 is 10.5 Å². The van der Waals surface area contributed by atoms with E-state index >= 15 is 0 Å². The van der Waals surface area contributed by atoms with Crippen molar-refractivity contribution in [1.29, 1.82) is 0 Å². The van der Waals surface area contributed by atoms with Gasteiger partial charge in [0.05, 0.1) is 0 Å². The van der Waals surface area contributed by atoms with E-state index in [1.807, 2.05) is 43.3 Å². The van der Waals surface area contributed by atoms with Gasteiger partial charge in [0.1, 0.15) is 5.75 Å². The van der Waals surface area contributed by atoms with Crippen LogP contribution < -0.4 is 4.74 Å². The first-order valence-electron chi connectivity index (χ1n) is 7.73. The van der Waals surface area contributed by atoms with E-state index in [1.54, 1.807) is 0 Å². The van der Waals surface area contributed by atoms with Crippen LogP contribution in [-0.4, -0.2) is 16.8 Å². The molecule has 3 aromatic carbocycles. The molecule has 0 amide bonds. The van der Waals surface area contributed by atoms with Gasteiger partial charge >= 0.3 is 0 Å². The van der Waals surface area contributed by atoms with Gasteiger partial charge in [0, 0.05) is 5.56 Å². The number of hydrogen-bond donors (Lipinski definition) is 0. The summed E-state index contributed by atoms with van der Waals surface area (Å²) in [6, 6.07) is 26.9. The largest absolute Gasteiger partial charge is 0.466 e. The van der Waals surface area contributed by atoms with E-state index in [0.29, 0.717) is 10.5 Å². The van der Waals surface area contributed by atoms with Crippen LogP contribution in [-0.2, 0) is 4.43 Å². The normalized spacial score (nSPS) is 12.0. The minimum absolute atomic E-state index is 0.241.